The Balaban J connectivity index is 2.72. The highest BCUT2D eigenvalue weighted by Crippen LogP contribution is 2.21. The average Bonchev–Trinajstić information content (AvgIpc) is 2.46. The summed E-state index contributed by atoms with van der Waals surface area (Å²) in [6.45, 7) is 3.47. The first-order chi connectivity index (χ1) is 9.44. The Morgan fingerprint density at radius 3 is 2.40 bits per heavy atom. The lowest BCUT2D eigenvalue weighted by molar-refractivity contribution is -0.148. The van der Waals surface area contributed by atoms with E-state index in [9.17, 15) is 14.7 Å². The van der Waals surface area contributed by atoms with Crippen LogP contribution in [0, 0.1) is 5.41 Å². The second-order valence-corrected chi connectivity index (χ2v) is 4.96. The number of aliphatic carboxylic acids is 1. The van der Waals surface area contributed by atoms with Gasteiger partial charge in [-0.05, 0) is 18.9 Å². The molecule has 1 rings (SSSR count). The SMILES string of the molecule is CCC(C)(CNC(=O)C(OC)c1ccccc1)C(=O)O. The molecule has 2 N–H and O–H groups in total. The Morgan fingerprint density at radius 2 is 1.95 bits per heavy atom. The van der Waals surface area contributed by atoms with E-state index in [-0.39, 0.29) is 12.5 Å². The second-order valence-electron chi connectivity index (χ2n) is 4.96. The number of hydrogen-bond donors (Lipinski definition) is 2. The fourth-order valence-electron chi connectivity index (χ4n) is 1.75. The molecule has 5 nitrogen and oxygen atoms in total. The fraction of sp³-hybridized carbons (Fsp3) is 0.467. The molecular formula is C15H21NO4. The van der Waals surface area contributed by atoms with Crippen LogP contribution in [-0.4, -0.2) is 30.6 Å². The molecular weight excluding hydrogens is 258 g/mol. The van der Waals surface area contributed by atoms with E-state index < -0.39 is 17.5 Å². The largest absolute Gasteiger partial charge is 0.481 e. The van der Waals surface area contributed by atoms with Crippen LogP contribution in [0.4, 0.5) is 0 Å². The minimum atomic E-state index is -0.968. The van der Waals surface area contributed by atoms with Crippen molar-refractivity contribution >= 4 is 11.9 Å². The van der Waals surface area contributed by atoms with Crippen molar-refractivity contribution in [2.24, 2.45) is 5.41 Å². The molecule has 20 heavy (non-hydrogen) atoms. The van der Waals surface area contributed by atoms with Gasteiger partial charge in [0.05, 0.1) is 5.41 Å². The molecule has 110 valence electrons. The van der Waals surface area contributed by atoms with Crippen molar-refractivity contribution in [1.82, 2.24) is 5.32 Å². The van der Waals surface area contributed by atoms with Crippen LogP contribution in [0.15, 0.2) is 30.3 Å². The minimum absolute atomic E-state index is 0.0738. The summed E-state index contributed by atoms with van der Waals surface area (Å²) >= 11 is 0. The van der Waals surface area contributed by atoms with Gasteiger partial charge in [-0.3, -0.25) is 9.59 Å². The van der Waals surface area contributed by atoms with Crippen LogP contribution in [0.3, 0.4) is 0 Å². The second kappa shape index (κ2) is 7.05. The molecule has 1 amide bonds. The maximum Gasteiger partial charge on any atom is 0.311 e. The summed E-state index contributed by atoms with van der Waals surface area (Å²) in [5.74, 6) is -1.26. The molecule has 1 aromatic rings. The molecule has 0 aliphatic rings. The van der Waals surface area contributed by atoms with Crippen LogP contribution in [0.25, 0.3) is 0 Å². The number of carbonyl (C=O) groups excluding carboxylic acids is 1. The third-order valence-corrected chi connectivity index (χ3v) is 3.53. The van der Waals surface area contributed by atoms with Gasteiger partial charge in [0.1, 0.15) is 0 Å². The highest BCUT2D eigenvalue weighted by molar-refractivity contribution is 5.83. The molecule has 0 heterocycles. The van der Waals surface area contributed by atoms with Crippen LogP contribution in [0.2, 0.25) is 0 Å². The molecule has 1 aromatic carbocycles. The molecule has 0 radical (unpaired) electrons. The number of carboxylic acid groups (broad SMARTS) is 1. The lowest BCUT2D eigenvalue weighted by atomic mass is 9.87. The van der Waals surface area contributed by atoms with E-state index in [0.717, 1.165) is 5.56 Å². The first-order valence-corrected chi connectivity index (χ1v) is 6.53. The third-order valence-electron chi connectivity index (χ3n) is 3.53. The van der Waals surface area contributed by atoms with Crippen molar-refractivity contribution in [3.63, 3.8) is 0 Å². The van der Waals surface area contributed by atoms with Gasteiger partial charge in [0, 0.05) is 13.7 Å². The van der Waals surface area contributed by atoms with Crippen LogP contribution < -0.4 is 5.32 Å². The zero-order valence-electron chi connectivity index (χ0n) is 12.1. The summed E-state index contributed by atoms with van der Waals surface area (Å²) in [6, 6.07) is 9.09. The molecule has 0 bridgehead atoms. The number of amides is 1. The number of methoxy groups -OCH3 is 1. The van der Waals surface area contributed by atoms with Crippen molar-refractivity contribution in [2.45, 2.75) is 26.4 Å². The quantitative estimate of drug-likeness (QED) is 0.800. The van der Waals surface area contributed by atoms with Gasteiger partial charge < -0.3 is 15.2 Å². The Morgan fingerprint density at radius 1 is 1.35 bits per heavy atom. The number of benzene rings is 1. The zero-order valence-corrected chi connectivity index (χ0v) is 12.1. The molecule has 0 saturated carbocycles. The number of ether oxygens (including phenoxy) is 1. The van der Waals surface area contributed by atoms with Gasteiger partial charge in [-0.15, -0.1) is 0 Å². The summed E-state index contributed by atoms with van der Waals surface area (Å²) in [6.07, 6.45) is -0.294. The lowest BCUT2D eigenvalue weighted by Crippen LogP contribution is -2.42. The van der Waals surface area contributed by atoms with Crippen molar-refractivity contribution in [2.75, 3.05) is 13.7 Å². The molecule has 2 unspecified atom stereocenters. The van der Waals surface area contributed by atoms with E-state index in [0.29, 0.717) is 6.42 Å². The van der Waals surface area contributed by atoms with E-state index in [1.165, 1.54) is 7.11 Å². The van der Waals surface area contributed by atoms with Crippen LogP contribution >= 0.6 is 0 Å². The maximum atomic E-state index is 12.1. The molecule has 2 atom stereocenters. The van der Waals surface area contributed by atoms with Gasteiger partial charge in [-0.1, -0.05) is 37.3 Å². The number of carbonyl (C=O) groups is 2. The predicted molar refractivity (Wildman–Crippen MR) is 75.2 cm³/mol. The molecule has 0 saturated heterocycles. The highest BCUT2D eigenvalue weighted by Gasteiger charge is 2.32. The Kier molecular flexibility index (Phi) is 5.70. The van der Waals surface area contributed by atoms with Crippen molar-refractivity contribution < 1.29 is 19.4 Å². The summed E-state index contributed by atoms with van der Waals surface area (Å²) in [5, 5.41) is 11.8. The summed E-state index contributed by atoms with van der Waals surface area (Å²) in [7, 11) is 1.45. The number of nitrogens with one attached hydrogen (secondary N) is 1. The topological polar surface area (TPSA) is 75.6 Å². The molecule has 0 aliphatic heterocycles. The maximum absolute atomic E-state index is 12.1. The van der Waals surface area contributed by atoms with Gasteiger partial charge in [-0.25, -0.2) is 0 Å². The lowest BCUT2D eigenvalue weighted by Gasteiger charge is -2.24. The standard InChI is InChI=1S/C15H21NO4/c1-4-15(2,14(18)19)10-16-13(17)12(20-3)11-8-6-5-7-9-11/h5-9,12H,4,10H2,1-3H3,(H,16,17)(H,18,19). The van der Waals surface area contributed by atoms with Crippen LogP contribution in [0.1, 0.15) is 31.9 Å². The predicted octanol–water partition coefficient (Wildman–Crippen LogP) is 1.99. The first-order valence-electron chi connectivity index (χ1n) is 6.53. The molecule has 0 spiro atoms. The normalized spacial score (nSPS) is 15.2. The van der Waals surface area contributed by atoms with E-state index in [1.54, 1.807) is 26.0 Å². The van der Waals surface area contributed by atoms with E-state index >= 15 is 0 Å². The van der Waals surface area contributed by atoms with Crippen molar-refractivity contribution in [3.05, 3.63) is 35.9 Å². The van der Waals surface area contributed by atoms with Gasteiger partial charge >= 0.3 is 5.97 Å². The smallest absolute Gasteiger partial charge is 0.311 e. The first kappa shape index (κ1) is 16.2. The Labute approximate surface area is 118 Å². The van der Waals surface area contributed by atoms with E-state index in [1.807, 2.05) is 18.2 Å². The molecule has 5 heteroatoms. The van der Waals surface area contributed by atoms with Crippen LogP contribution in [0.5, 0.6) is 0 Å². The Hall–Kier alpha value is -1.88. The monoisotopic (exact) mass is 279 g/mol. The summed E-state index contributed by atoms with van der Waals surface area (Å²) < 4.78 is 5.20. The third kappa shape index (κ3) is 3.81. The van der Waals surface area contributed by atoms with Gasteiger partial charge in [0.25, 0.3) is 5.91 Å². The molecule has 0 aromatic heterocycles. The summed E-state index contributed by atoms with van der Waals surface area (Å²) in [4.78, 5) is 23.3. The van der Waals surface area contributed by atoms with Gasteiger partial charge in [-0.2, -0.15) is 0 Å². The van der Waals surface area contributed by atoms with Crippen LogP contribution in [-0.2, 0) is 14.3 Å². The number of rotatable bonds is 7. The summed E-state index contributed by atoms with van der Waals surface area (Å²) in [5.41, 5.74) is -0.231. The Bertz CT molecular complexity index is 460. The van der Waals surface area contributed by atoms with Gasteiger partial charge in [0.15, 0.2) is 6.10 Å². The highest BCUT2D eigenvalue weighted by atomic mass is 16.5. The minimum Gasteiger partial charge on any atom is -0.481 e. The number of hydrogen-bond acceptors (Lipinski definition) is 3. The zero-order chi connectivity index (χ0) is 15.2. The van der Waals surface area contributed by atoms with E-state index in [2.05, 4.69) is 5.32 Å². The molecule has 0 aliphatic carbocycles. The van der Waals surface area contributed by atoms with Gasteiger partial charge in [0.2, 0.25) is 0 Å². The number of carboxylic acids is 1. The average molecular weight is 279 g/mol. The molecule has 0 fully saturated rings. The van der Waals surface area contributed by atoms with Crippen molar-refractivity contribution in [1.29, 1.82) is 0 Å². The fourth-order valence-corrected chi connectivity index (χ4v) is 1.75. The van der Waals surface area contributed by atoms with E-state index in [4.69, 9.17) is 4.74 Å². The van der Waals surface area contributed by atoms with Crippen molar-refractivity contribution in [3.8, 4) is 0 Å².